The van der Waals surface area contributed by atoms with Crippen molar-refractivity contribution in [2.24, 2.45) is 10.9 Å². The zero-order valence-electron chi connectivity index (χ0n) is 20.1. The molecule has 2 aromatic carbocycles. The number of nitrogens with one attached hydrogen (secondary N) is 1. The van der Waals surface area contributed by atoms with Crippen LogP contribution in [-0.2, 0) is 6.42 Å². The average Bonchev–Trinajstić information content (AvgIpc) is 3.30. The highest BCUT2D eigenvalue weighted by Gasteiger charge is 2.41. The second-order valence-corrected chi connectivity index (χ2v) is 11.0. The Balaban J connectivity index is 1.16. The van der Waals surface area contributed by atoms with Gasteiger partial charge in [-0.2, -0.15) is 0 Å². The first-order valence-corrected chi connectivity index (χ1v) is 13.3. The fourth-order valence-corrected chi connectivity index (χ4v) is 7.06. The first-order valence-electron chi connectivity index (χ1n) is 12.5. The number of imide groups is 1. The molecule has 2 amide bonds. The number of nitrogens with zero attached hydrogens (tertiary/aromatic N) is 2. The number of benzene rings is 2. The van der Waals surface area contributed by atoms with Crippen molar-refractivity contribution >= 4 is 29.3 Å². The minimum absolute atomic E-state index is 0.167. The standard InChI is InChI=1S/C29H29N3O2S/c1-17-18(2)35-27-24(17)26(23-14-13-19-9-3-4-10-20(19)25(23)31-27)30-15-7-8-16-32-28(33)21-11-5-6-12-22(21)29(32)34/h3-6,9-12,24,27,30H,7-8,13-16H2,1-2H3. The fourth-order valence-electron chi connectivity index (χ4n) is 5.75. The Kier molecular flexibility index (Phi) is 5.64. The van der Waals surface area contributed by atoms with Gasteiger partial charge in [-0.3, -0.25) is 19.5 Å². The van der Waals surface area contributed by atoms with E-state index < -0.39 is 0 Å². The molecule has 6 rings (SSSR count). The molecule has 178 valence electrons. The normalized spacial score (nSPS) is 22.7. The van der Waals surface area contributed by atoms with E-state index in [1.807, 2.05) is 23.9 Å². The number of carbonyl (C=O) groups is 2. The fraction of sp³-hybridized carbons (Fsp3) is 0.345. The second-order valence-electron chi connectivity index (χ2n) is 9.69. The van der Waals surface area contributed by atoms with Gasteiger partial charge in [0, 0.05) is 24.4 Å². The summed E-state index contributed by atoms with van der Waals surface area (Å²) in [7, 11) is 0. The molecule has 2 unspecified atom stereocenters. The highest BCUT2D eigenvalue weighted by atomic mass is 32.2. The van der Waals surface area contributed by atoms with E-state index >= 15 is 0 Å². The monoisotopic (exact) mass is 483 g/mol. The zero-order chi connectivity index (χ0) is 24.1. The number of carbonyl (C=O) groups excluding carboxylic acids is 2. The van der Waals surface area contributed by atoms with Gasteiger partial charge in [0.25, 0.3) is 11.8 Å². The largest absolute Gasteiger partial charge is 0.387 e. The third kappa shape index (κ3) is 3.66. The summed E-state index contributed by atoms with van der Waals surface area (Å²) in [5.74, 6) is -0.0284. The van der Waals surface area contributed by atoms with Crippen LogP contribution in [0.1, 0.15) is 65.0 Å². The Morgan fingerprint density at radius 3 is 2.37 bits per heavy atom. The maximum atomic E-state index is 12.6. The van der Waals surface area contributed by atoms with Crippen molar-refractivity contribution in [3.05, 3.63) is 92.5 Å². The third-order valence-electron chi connectivity index (χ3n) is 7.70. The molecule has 35 heavy (non-hydrogen) atoms. The summed E-state index contributed by atoms with van der Waals surface area (Å²) < 4.78 is 0. The molecule has 0 aromatic heterocycles. The van der Waals surface area contributed by atoms with Crippen LogP contribution in [0.2, 0.25) is 0 Å². The van der Waals surface area contributed by atoms with Crippen molar-refractivity contribution < 1.29 is 9.59 Å². The van der Waals surface area contributed by atoms with Crippen molar-refractivity contribution in [1.82, 2.24) is 10.2 Å². The van der Waals surface area contributed by atoms with E-state index in [-0.39, 0.29) is 17.2 Å². The lowest BCUT2D eigenvalue weighted by Gasteiger charge is -2.34. The smallest absolute Gasteiger partial charge is 0.261 e. The molecule has 0 spiro atoms. The molecule has 1 aliphatic carbocycles. The average molecular weight is 484 g/mol. The third-order valence-corrected chi connectivity index (χ3v) is 9.00. The minimum atomic E-state index is -0.167. The maximum Gasteiger partial charge on any atom is 0.261 e. The predicted molar refractivity (Wildman–Crippen MR) is 141 cm³/mol. The Bertz CT molecular complexity index is 1300. The first kappa shape index (κ1) is 22.4. The molecule has 6 heteroatoms. The zero-order valence-corrected chi connectivity index (χ0v) is 21.0. The molecule has 0 fully saturated rings. The highest BCUT2D eigenvalue weighted by Crippen LogP contribution is 2.49. The van der Waals surface area contributed by atoms with Crippen molar-refractivity contribution in [3.63, 3.8) is 0 Å². The van der Waals surface area contributed by atoms with Crippen LogP contribution in [0.25, 0.3) is 0 Å². The van der Waals surface area contributed by atoms with Crippen LogP contribution < -0.4 is 5.32 Å². The quantitative estimate of drug-likeness (QED) is 0.445. The summed E-state index contributed by atoms with van der Waals surface area (Å²) in [4.78, 5) is 33.3. The number of hydrogen-bond donors (Lipinski definition) is 1. The van der Waals surface area contributed by atoms with Crippen LogP contribution in [0.5, 0.6) is 0 Å². The van der Waals surface area contributed by atoms with Gasteiger partial charge in [0.05, 0.1) is 22.8 Å². The van der Waals surface area contributed by atoms with Gasteiger partial charge in [-0.05, 0) is 67.7 Å². The van der Waals surface area contributed by atoms with E-state index in [0.717, 1.165) is 37.9 Å². The van der Waals surface area contributed by atoms with Gasteiger partial charge in [0.15, 0.2) is 0 Å². The molecule has 3 heterocycles. The van der Waals surface area contributed by atoms with Crippen molar-refractivity contribution in [3.8, 4) is 0 Å². The summed E-state index contributed by atoms with van der Waals surface area (Å²) in [6.07, 6.45) is 3.72. The van der Waals surface area contributed by atoms with Crippen LogP contribution in [-0.4, -0.2) is 40.9 Å². The van der Waals surface area contributed by atoms with Gasteiger partial charge in [-0.25, -0.2) is 0 Å². The first-order chi connectivity index (χ1) is 17.0. The number of allylic oxidation sites excluding steroid dienone is 2. The lowest BCUT2D eigenvalue weighted by atomic mass is 9.79. The van der Waals surface area contributed by atoms with Crippen molar-refractivity contribution in [2.45, 2.75) is 44.9 Å². The lowest BCUT2D eigenvalue weighted by molar-refractivity contribution is 0.0651. The van der Waals surface area contributed by atoms with Crippen molar-refractivity contribution in [1.29, 1.82) is 0 Å². The van der Waals surface area contributed by atoms with E-state index in [4.69, 9.17) is 4.99 Å². The van der Waals surface area contributed by atoms with E-state index in [2.05, 4.69) is 43.4 Å². The molecule has 4 aliphatic rings. The number of aliphatic imine (C=N–C) groups is 1. The molecular weight excluding hydrogens is 454 g/mol. The van der Waals surface area contributed by atoms with Gasteiger partial charge >= 0.3 is 0 Å². The predicted octanol–water partition coefficient (Wildman–Crippen LogP) is 5.34. The van der Waals surface area contributed by atoms with E-state index in [9.17, 15) is 9.59 Å². The number of fused-ring (bicyclic) bond motifs is 5. The molecule has 0 saturated carbocycles. The van der Waals surface area contributed by atoms with Crippen molar-refractivity contribution in [2.75, 3.05) is 13.1 Å². The second kappa shape index (κ2) is 8.83. The SMILES string of the molecule is CC1=C(C)C2C(NCCCCN3C(=O)c4ccccc4C3=O)=C3CCc4ccccc4C3=NC2S1. The summed E-state index contributed by atoms with van der Waals surface area (Å²) in [6, 6.07) is 15.8. The van der Waals surface area contributed by atoms with Crippen LogP contribution in [0.4, 0.5) is 0 Å². The number of amides is 2. The van der Waals surface area contributed by atoms with Crippen LogP contribution in [0.3, 0.4) is 0 Å². The summed E-state index contributed by atoms with van der Waals surface area (Å²) in [5.41, 5.74) is 8.99. The lowest BCUT2D eigenvalue weighted by Crippen LogP contribution is -2.36. The molecule has 0 saturated heterocycles. The van der Waals surface area contributed by atoms with Crippen LogP contribution >= 0.6 is 11.8 Å². The van der Waals surface area contributed by atoms with Gasteiger partial charge < -0.3 is 5.32 Å². The van der Waals surface area contributed by atoms with Gasteiger partial charge in [-0.15, -0.1) is 11.8 Å². The number of unbranched alkanes of at least 4 members (excludes halogenated alkanes) is 1. The van der Waals surface area contributed by atoms with Crippen LogP contribution in [0, 0.1) is 5.92 Å². The van der Waals surface area contributed by atoms with Gasteiger partial charge in [-0.1, -0.05) is 42.0 Å². The summed E-state index contributed by atoms with van der Waals surface area (Å²) >= 11 is 1.88. The number of dihydropyridines is 1. The Morgan fingerprint density at radius 2 is 1.63 bits per heavy atom. The van der Waals surface area contributed by atoms with Crippen LogP contribution in [0.15, 0.2) is 75.3 Å². The van der Waals surface area contributed by atoms with E-state index in [0.29, 0.717) is 23.6 Å². The van der Waals surface area contributed by atoms with E-state index in [1.165, 1.54) is 37.8 Å². The Morgan fingerprint density at radius 1 is 0.943 bits per heavy atom. The van der Waals surface area contributed by atoms with Gasteiger partial charge in [0.2, 0.25) is 0 Å². The molecule has 0 bridgehead atoms. The van der Waals surface area contributed by atoms with E-state index in [1.54, 1.807) is 12.1 Å². The van der Waals surface area contributed by atoms with Gasteiger partial charge in [0.1, 0.15) is 5.37 Å². The number of rotatable bonds is 6. The topological polar surface area (TPSA) is 61.8 Å². The highest BCUT2D eigenvalue weighted by molar-refractivity contribution is 8.03. The molecular formula is C29H29N3O2S. The maximum absolute atomic E-state index is 12.6. The Labute approximate surface area is 210 Å². The molecule has 1 N–H and O–H groups in total. The molecule has 5 nitrogen and oxygen atoms in total. The molecule has 0 radical (unpaired) electrons. The minimum Gasteiger partial charge on any atom is -0.387 e. The number of aryl methyl sites for hydroxylation is 1. The Hall–Kier alpha value is -3.12. The number of hydrogen-bond acceptors (Lipinski definition) is 5. The molecule has 2 aromatic rings. The molecule has 2 atom stereocenters. The summed E-state index contributed by atoms with van der Waals surface area (Å²) in [5, 5.41) is 4.00. The number of thioether (sulfide) groups is 1. The summed E-state index contributed by atoms with van der Waals surface area (Å²) in [6.45, 7) is 5.73. The molecule has 3 aliphatic heterocycles.